The Labute approximate surface area is 226 Å². The number of carbonyl (C=O) groups is 2. The molecule has 1 saturated carbocycles. The number of nitrogens with one attached hydrogen (secondary N) is 1. The highest BCUT2D eigenvalue weighted by atomic mass is 19.1. The maximum Gasteiger partial charge on any atom is 0.254 e. The zero-order valence-corrected chi connectivity index (χ0v) is 22.6. The molecular weight excluding hydrogens is 497 g/mol. The van der Waals surface area contributed by atoms with Gasteiger partial charge in [0.2, 0.25) is 6.41 Å². The second-order valence-corrected chi connectivity index (χ2v) is 11.4. The number of aliphatic hydroxyl groups excluding tert-OH is 1. The van der Waals surface area contributed by atoms with Gasteiger partial charge in [-0.15, -0.1) is 0 Å². The molecule has 3 aromatic rings. The van der Waals surface area contributed by atoms with Crippen LogP contribution in [0, 0.1) is 18.7 Å². The highest BCUT2D eigenvalue weighted by Crippen LogP contribution is 2.45. The third-order valence-corrected chi connectivity index (χ3v) is 9.14. The van der Waals surface area contributed by atoms with Gasteiger partial charge in [0, 0.05) is 34.9 Å². The fourth-order valence-electron chi connectivity index (χ4n) is 6.80. The van der Waals surface area contributed by atoms with Crippen molar-refractivity contribution in [2.24, 2.45) is 5.92 Å². The average Bonchev–Trinajstić information content (AvgIpc) is 3.71. The van der Waals surface area contributed by atoms with E-state index in [4.69, 9.17) is 10.1 Å². The molecule has 8 heteroatoms. The molecular formula is C31H34FN3O4. The van der Waals surface area contributed by atoms with Crippen LogP contribution in [0.3, 0.4) is 0 Å². The van der Waals surface area contributed by atoms with Crippen molar-refractivity contribution in [1.82, 2.24) is 14.9 Å². The summed E-state index contributed by atoms with van der Waals surface area (Å²) in [5.41, 5.74) is 6.73. The lowest BCUT2D eigenvalue weighted by Crippen LogP contribution is -2.31. The summed E-state index contributed by atoms with van der Waals surface area (Å²) in [6.07, 6.45) is 5.99. The molecule has 0 radical (unpaired) electrons. The minimum atomic E-state index is -0.296. The molecule has 3 aliphatic carbocycles. The van der Waals surface area contributed by atoms with E-state index in [1.807, 2.05) is 19.9 Å². The van der Waals surface area contributed by atoms with Crippen LogP contribution in [0.4, 0.5) is 4.39 Å². The predicted octanol–water partition coefficient (Wildman–Crippen LogP) is 4.39. The van der Waals surface area contributed by atoms with Gasteiger partial charge in [-0.2, -0.15) is 0 Å². The smallest absolute Gasteiger partial charge is 0.254 e. The Hall–Kier alpha value is -3.39. The number of aryl methyl sites for hydroxylation is 1. The van der Waals surface area contributed by atoms with E-state index in [-0.39, 0.29) is 35.2 Å². The summed E-state index contributed by atoms with van der Waals surface area (Å²) >= 11 is 0. The number of hydrogen-bond acceptors (Lipinski definition) is 5. The highest BCUT2D eigenvalue weighted by molar-refractivity contribution is 5.93. The first-order chi connectivity index (χ1) is 18.7. The molecule has 0 spiro atoms. The van der Waals surface area contributed by atoms with E-state index in [2.05, 4.69) is 5.32 Å². The number of rotatable bonds is 4. The molecule has 2 aromatic heterocycles. The zero-order chi connectivity index (χ0) is 27.6. The Morgan fingerprint density at radius 3 is 2.56 bits per heavy atom. The van der Waals surface area contributed by atoms with E-state index in [9.17, 15) is 18.8 Å². The topological polar surface area (TPSA) is 101 Å². The summed E-state index contributed by atoms with van der Waals surface area (Å²) in [5, 5.41) is 12.5. The first kappa shape index (κ1) is 25.9. The lowest BCUT2D eigenvalue weighted by atomic mass is 9.80. The number of carbonyl (C=O) groups excluding carboxylic acids is 2. The summed E-state index contributed by atoms with van der Waals surface area (Å²) in [6, 6.07) is 3.19. The minimum absolute atomic E-state index is 0.0370. The summed E-state index contributed by atoms with van der Waals surface area (Å²) < 4.78 is 16.5. The normalized spacial score (nSPS) is 21.4. The monoisotopic (exact) mass is 531 g/mol. The van der Waals surface area contributed by atoms with Gasteiger partial charge in [-0.05, 0) is 86.6 Å². The van der Waals surface area contributed by atoms with Crippen LogP contribution in [0.2, 0.25) is 0 Å². The van der Waals surface area contributed by atoms with Crippen molar-refractivity contribution in [3.8, 4) is 11.4 Å². The molecule has 3 heterocycles. The molecule has 0 saturated heterocycles. The van der Waals surface area contributed by atoms with Gasteiger partial charge in [0.15, 0.2) is 0 Å². The van der Waals surface area contributed by atoms with E-state index in [0.717, 1.165) is 33.2 Å². The standard InChI is InChI=1S/C26H24FN3O3.C5H10O/c1-3-13-16-8-21-25-17(10-30(21)26(33)15(16)5-7-22(13)32)24-19(28-11-31)6-4-14-12(2)18(27)9-20(29-25)23(14)24;1-4(6)5-2-3-5/h8-9,11,13,19H,3-7,10H2,1-2H3,(H,28,31);4-6H,2-3H2,1H3. The molecule has 3 atom stereocenters. The number of Topliss-reactive ketones (excluding diaryl/α,β-unsaturated/α-hetero) is 1. The van der Waals surface area contributed by atoms with Gasteiger partial charge >= 0.3 is 0 Å². The predicted molar refractivity (Wildman–Crippen MR) is 146 cm³/mol. The number of benzene rings is 1. The molecule has 204 valence electrons. The lowest BCUT2D eigenvalue weighted by Gasteiger charge is -2.28. The minimum Gasteiger partial charge on any atom is -0.393 e. The number of aromatic nitrogens is 2. The van der Waals surface area contributed by atoms with E-state index < -0.39 is 0 Å². The van der Waals surface area contributed by atoms with Crippen molar-refractivity contribution >= 4 is 23.1 Å². The van der Waals surface area contributed by atoms with Crippen molar-refractivity contribution in [3.05, 3.63) is 61.7 Å². The molecule has 2 N–H and O–H groups in total. The van der Waals surface area contributed by atoms with Gasteiger partial charge in [0.1, 0.15) is 11.6 Å². The van der Waals surface area contributed by atoms with Crippen molar-refractivity contribution in [2.45, 2.75) is 90.3 Å². The Bertz CT molecular complexity index is 1590. The van der Waals surface area contributed by atoms with Gasteiger partial charge in [0.25, 0.3) is 5.56 Å². The fraction of sp³-hybridized carbons (Fsp3) is 0.484. The van der Waals surface area contributed by atoms with Gasteiger partial charge in [0.05, 0.1) is 35.6 Å². The van der Waals surface area contributed by atoms with Crippen LogP contribution >= 0.6 is 0 Å². The van der Waals surface area contributed by atoms with Crippen LogP contribution < -0.4 is 10.9 Å². The van der Waals surface area contributed by atoms with Crippen molar-refractivity contribution < 1.29 is 19.1 Å². The van der Waals surface area contributed by atoms with Crippen LogP contribution in [0.15, 0.2) is 16.9 Å². The molecule has 7 nitrogen and oxygen atoms in total. The number of hydrogen-bond donors (Lipinski definition) is 2. The quantitative estimate of drug-likeness (QED) is 0.381. The van der Waals surface area contributed by atoms with E-state index in [0.29, 0.717) is 73.4 Å². The summed E-state index contributed by atoms with van der Waals surface area (Å²) in [4.78, 5) is 42.3. The molecule has 1 fully saturated rings. The van der Waals surface area contributed by atoms with Crippen LogP contribution in [-0.4, -0.2) is 33.0 Å². The Morgan fingerprint density at radius 2 is 1.92 bits per heavy atom. The molecule has 1 aromatic carbocycles. The first-order valence-corrected chi connectivity index (χ1v) is 14.1. The summed E-state index contributed by atoms with van der Waals surface area (Å²) in [7, 11) is 0. The number of fused-ring (bicyclic) bond motifs is 5. The molecule has 39 heavy (non-hydrogen) atoms. The van der Waals surface area contributed by atoms with E-state index in [1.165, 1.54) is 18.9 Å². The number of pyridine rings is 2. The maximum absolute atomic E-state index is 14.8. The lowest BCUT2D eigenvalue weighted by molar-refractivity contribution is -0.121. The van der Waals surface area contributed by atoms with Crippen molar-refractivity contribution in [2.75, 3.05) is 0 Å². The van der Waals surface area contributed by atoms with Gasteiger partial charge in [-0.25, -0.2) is 9.37 Å². The number of halogens is 1. The molecule has 0 bridgehead atoms. The number of aliphatic hydroxyl groups is 1. The molecule has 4 aliphatic rings. The second-order valence-electron chi connectivity index (χ2n) is 11.4. The van der Waals surface area contributed by atoms with Crippen LogP contribution in [-0.2, 0) is 29.0 Å². The Morgan fingerprint density at radius 1 is 1.15 bits per heavy atom. The Kier molecular flexibility index (Phi) is 6.41. The number of nitrogens with zero attached hydrogens (tertiary/aromatic N) is 2. The first-order valence-electron chi connectivity index (χ1n) is 14.1. The Balaban J connectivity index is 0.000000410. The molecule has 7 rings (SSSR count). The van der Waals surface area contributed by atoms with E-state index >= 15 is 0 Å². The highest BCUT2D eigenvalue weighted by Gasteiger charge is 2.36. The van der Waals surface area contributed by atoms with Crippen molar-refractivity contribution in [3.63, 3.8) is 0 Å². The average molecular weight is 532 g/mol. The summed E-state index contributed by atoms with van der Waals surface area (Å²) in [5.74, 6) is 0.262. The fourth-order valence-corrected chi connectivity index (χ4v) is 6.80. The third-order valence-electron chi connectivity index (χ3n) is 9.14. The molecule has 1 amide bonds. The van der Waals surface area contributed by atoms with Gasteiger partial charge < -0.3 is 15.0 Å². The number of amides is 1. The van der Waals surface area contributed by atoms with Crippen LogP contribution in [0.5, 0.6) is 0 Å². The van der Waals surface area contributed by atoms with Crippen LogP contribution in [0.1, 0.15) is 91.3 Å². The van der Waals surface area contributed by atoms with Crippen molar-refractivity contribution in [1.29, 1.82) is 0 Å². The van der Waals surface area contributed by atoms with Gasteiger partial charge in [-0.1, -0.05) is 6.92 Å². The number of ketones is 1. The van der Waals surface area contributed by atoms with E-state index in [1.54, 1.807) is 11.5 Å². The zero-order valence-electron chi connectivity index (χ0n) is 22.6. The largest absolute Gasteiger partial charge is 0.393 e. The second kappa shape index (κ2) is 9.66. The maximum atomic E-state index is 14.8. The summed E-state index contributed by atoms with van der Waals surface area (Å²) in [6.45, 7) is 5.97. The molecule has 1 aliphatic heterocycles. The van der Waals surface area contributed by atoms with Crippen LogP contribution in [0.25, 0.3) is 22.3 Å². The van der Waals surface area contributed by atoms with Gasteiger partial charge in [-0.3, -0.25) is 14.4 Å². The SMILES string of the molecule is CC(O)C1CC1.CCC1C(=O)CCc2c1cc1n(c2=O)Cc2c-1nc1cc(F)c(C)c3c1c2C(NC=O)CC3. The molecule has 3 unspecified atom stereocenters. The third kappa shape index (κ3) is 4.11.